The minimum atomic E-state index is -2.72. The van der Waals surface area contributed by atoms with Crippen molar-refractivity contribution >= 4 is 28.9 Å². The topological polar surface area (TPSA) is 89.5 Å². The van der Waals surface area contributed by atoms with Gasteiger partial charge in [0.15, 0.2) is 0 Å². The Hall–Kier alpha value is -1.96. The van der Waals surface area contributed by atoms with E-state index < -0.39 is 29.5 Å². The van der Waals surface area contributed by atoms with Crippen LogP contribution in [0.2, 0.25) is 5.02 Å². The quantitative estimate of drug-likeness (QED) is 0.523. The van der Waals surface area contributed by atoms with Gasteiger partial charge in [-0.2, -0.15) is 0 Å². The van der Waals surface area contributed by atoms with E-state index in [2.05, 4.69) is 0 Å². The Bertz CT molecular complexity index is 525. The van der Waals surface area contributed by atoms with Crippen molar-refractivity contribution in [1.29, 1.82) is 0 Å². The summed E-state index contributed by atoms with van der Waals surface area (Å²) in [6, 6.07) is 1.90. The van der Waals surface area contributed by atoms with E-state index >= 15 is 0 Å². The number of carbonyl (C=O) groups excluding carboxylic acids is 1. The second kappa shape index (κ2) is 5.79. The highest BCUT2D eigenvalue weighted by molar-refractivity contribution is 6.34. The van der Waals surface area contributed by atoms with Crippen molar-refractivity contribution in [2.45, 2.75) is 6.43 Å². The highest BCUT2D eigenvalue weighted by Gasteiger charge is 2.22. The normalized spacial score (nSPS) is 10.6. The number of rotatable bonds is 4. The van der Waals surface area contributed by atoms with Crippen LogP contribution in [0, 0.1) is 10.1 Å². The van der Waals surface area contributed by atoms with Crippen LogP contribution in [0.1, 0.15) is 10.4 Å². The molecule has 19 heavy (non-hydrogen) atoms. The molecule has 1 aromatic rings. The van der Waals surface area contributed by atoms with Crippen molar-refractivity contribution in [3.05, 3.63) is 32.8 Å². The third-order valence-corrected chi connectivity index (χ3v) is 2.63. The molecule has 0 heterocycles. The van der Waals surface area contributed by atoms with Crippen LogP contribution in [-0.4, -0.2) is 35.7 Å². The Balaban J connectivity index is 3.18. The summed E-state index contributed by atoms with van der Waals surface area (Å²) in [4.78, 5) is 22.5. The Kier molecular flexibility index (Phi) is 4.60. The predicted molar refractivity (Wildman–Crippen MR) is 65.5 cm³/mol. The summed E-state index contributed by atoms with van der Waals surface area (Å²) in [6.45, 7) is -0.807. The van der Waals surface area contributed by atoms with Crippen LogP contribution in [-0.2, 0) is 0 Å². The van der Waals surface area contributed by atoms with E-state index in [1.165, 1.54) is 0 Å². The number of hydrogen-bond acceptors (Lipinski definition) is 4. The molecule has 0 aromatic heterocycles. The number of benzene rings is 1. The van der Waals surface area contributed by atoms with Crippen molar-refractivity contribution in [2.75, 3.05) is 19.3 Å². The SMILES string of the molecule is CN(CC(F)F)C(=O)c1cc([N+](=O)[O-])cc(Cl)c1N. The van der Waals surface area contributed by atoms with Crippen LogP contribution in [0.15, 0.2) is 12.1 Å². The first-order valence-corrected chi connectivity index (χ1v) is 5.38. The van der Waals surface area contributed by atoms with E-state index in [-0.39, 0.29) is 16.3 Å². The average Bonchev–Trinajstić information content (AvgIpc) is 2.30. The molecule has 104 valence electrons. The van der Waals surface area contributed by atoms with Gasteiger partial charge in [0.25, 0.3) is 18.0 Å². The largest absolute Gasteiger partial charge is 0.397 e. The number of non-ortho nitro benzene ring substituents is 1. The molecular formula is C10H10ClF2N3O3. The van der Waals surface area contributed by atoms with Crippen LogP contribution < -0.4 is 5.73 Å². The number of nitro groups is 1. The smallest absolute Gasteiger partial charge is 0.271 e. The molecule has 0 aliphatic rings. The second-order valence-electron chi connectivity index (χ2n) is 3.72. The molecule has 9 heteroatoms. The predicted octanol–water partition coefficient (Wildman–Crippen LogP) is 2.17. The number of alkyl halides is 2. The molecule has 0 saturated carbocycles. The zero-order valence-electron chi connectivity index (χ0n) is 9.77. The van der Waals surface area contributed by atoms with Crippen molar-refractivity contribution < 1.29 is 18.5 Å². The highest BCUT2D eigenvalue weighted by Crippen LogP contribution is 2.29. The number of amides is 1. The van der Waals surface area contributed by atoms with Gasteiger partial charge < -0.3 is 10.6 Å². The van der Waals surface area contributed by atoms with E-state index in [9.17, 15) is 23.7 Å². The molecule has 2 N–H and O–H groups in total. The fraction of sp³-hybridized carbons (Fsp3) is 0.300. The zero-order valence-corrected chi connectivity index (χ0v) is 10.5. The van der Waals surface area contributed by atoms with Gasteiger partial charge in [0.05, 0.1) is 27.7 Å². The average molecular weight is 294 g/mol. The van der Waals surface area contributed by atoms with Gasteiger partial charge >= 0.3 is 0 Å². The number of nitro benzene ring substituents is 1. The number of carbonyl (C=O) groups is 1. The van der Waals surface area contributed by atoms with Gasteiger partial charge in [-0.05, 0) is 0 Å². The monoisotopic (exact) mass is 293 g/mol. The number of hydrogen-bond donors (Lipinski definition) is 1. The summed E-state index contributed by atoms with van der Waals surface area (Å²) < 4.78 is 24.4. The van der Waals surface area contributed by atoms with Gasteiger partial charge in [0.1, 0.15) is 0 Å². The molecule has 0 aliphatic carbocycles. The molecule has 0 fully saturated rings. The fourth-order valence-corrected chi connectivity index (χ4v) is 1.60. The van der Waals surface area contributed by atoms with Crippen LogP contribution in [0.5, 0.6) is 0 Å². The summed E-state index contributed by atoms with van der Waals surface area (Å²) in [5.41, 5.74) is 4.64. The number of nitrogens with two attached hydrogens (primary N) is 1. The van der Waals surface area contributed by atoms with Crippen molar-refractivity contribution in [1.82, 2.24) is 4.90 Å². The van der Waals surface area contributed by atoms with Crippen LogP contribution >= 0.6 is 11.6 Å². The molecule has 0 spiro atoms. The third-order valence-electron chi connectivity index (χ3n) is 2.31. The zero-order chi connectivity index (χ0) is 14.7. The maximum Gasteiger partial charge on any atom is 0.271 e. The molecular weight excluding hydrogens is 284 g/mol. The number of nitrogens with zero attached hydrogens (tertiary/aromatic N) is 2. The summed E-state index contributed by atoms with van der Waals surface area (Å²) in [6.07, 6.45) is -2.72. The van der Waals surface area contributed by atoms with Gasteiger partial charge in [-0.15, -0.1) is 0 Å². The maximum absolute atomic E-state index is 12.2. The molecule has 1 amide bonds. The Morgan fingerprint density at radius 2 is 2.16 bits per heavy atom. The summed E-state index contributed by atoms with van der Waals surface area (Å²) in [5.74, 6) is -0.858. The molecule has 0 unspecified atom stereocenters. The Labute approximate surface area is 111 Å². The highest BCUT2D eigenvalue weighted by atomic mass is 35.5. The number of nitrogen functional groups attached to an aromatic ring is 1. The Morgan fingerprint density at radius 1 is 1.58 bits per heavy atom. The van der Waals surface area contributed by atoms with Crippen LogP contribution in [0.3, 0.4) is 0 Å². The van der Waals surface area contributed by atoms with Gasteiger partial charge in [-0.1, -0.05) is 11.6 Å². The van der Waals surface area contributed by atoms with Crippen molar-refractivity contribution in [3.63, 3.8) is 0 Å². The first kappa shape index (κ1) is 15.1. The van der Waals surface area contributed by atoms with E-state index in [1.807, 2.05) is 0 Å². The van der Waals surface area contributed by atoms with E-state index in [1.54, 1.807) is 0 Å². The lowest BCUT2D eigenvalue weighted by Gasteiger charge is -2.17. The van der Waals surface area contributed by atoms with Crippen molar-refractivity contribution in [2.24, 2.45) is 0 Å². The minimum absolute atomic E-state index is 0.178. The van der Waals surface area contributed by atoms with Gasteiger partial charge in [0.2, 0.25) is 0 Å². The lowest BCUT2D eigenvalue weighted by molar-refractivity contribution is -0.384. The second-order valence-corrected chi connectivity index (χ2v) is 4.13. The van der Waals surface area contributed by atoms with Crippen molar-refractivity contribution in [3.8, 4) is 0 Å². The first-order chi connectivity index (χ1) is 8.73. The first-order valence-electron chi connectivity index (χ1n) is 5.01. The molecule has 0 atom stereocenters. The summed E-state index contributed by atoms with van der Waals surface area (Å²) >= 11 is 5.67. The number of anilines is 1. The van der Waals surface area contributed by atoms with Gasteiger partial charge in [-0.25, -0.2) is 8.78 Å². The third kappa shape index (κ3) is 3.50. The lowest BCUT2D eigenvalue weighted by Crippen LogP contribution is -2.31. The standard InChI is InChI=1S/C10H10ClF2N3O3/c1-15(4-8(12)13)10(17)6-2-5(16(18)19)3-7(11)9(6)14/h2-3,8H,4,14H2,1H3. The molecule has 1 aromatic carbocycles. The molecule has 1 rings (SSSR count). The maximum atomic E-state index is 12.2. The molecule has 0 bridgehead atoms. The Morgan fingerprint density at radius 3 is 2.63 bits per heavy atom. The molecule has 0 saturated heterocycles. The summed E-state index contributed by atoms with van der Waals surface area (Å²) in [7, 11) is 1.14. The van der Waals surface area contributed by atoms with Gasteiger partial charge in [0, 0.05) is 19.2 Å². The van der Waals surface area contributed by atoms with Crippen LogP contribution in [0.25, 0.3) is 0 Å². The van der Waals surface area contributed by atoms with E-state index in [4.69, 9.17) is 17.3 Å². The molecule has 6 nitrogen and oxygen atoms in total. The van der Waals surface area contributed by atoms with E-state index in [0.29, 0.717) is 0 Å². The minimum Gasteiger partial charge on any atom is -0.397 e. The lowest BCUT2D eigenvalue weighted by atomic mass is 10.1. The van der Waals surface area contributed by atoms with Gasteiger partial charge in [-0.3, -0.25) is 14.9 Å². The van der Waals surface area contributed by atoms with Crippen LogP contribution in [0.4, 0.5) is 20.2 Å². The summed E-state index contributed by atoms with van der Waals surface area (Å²) in [5, 5.41) is 10.5. The number of halogens is 3. The molecule has 0 aliphatic heterocycles. The fourth-order valence-electron chi connectivity index (χ4n) is 1.38. The molecule has 0 radical (unpaired) electrons. The van der Waals surface area contributed by atoms with E-state index in [0.717, 1.165) is 24.1 Å².